The molecule has 0 saturated carbocycles. The minimum absolute atomic E-state index is 0.184. The van der Waals surface area contributed by atoms with Crippen molar-refractivity contribution in [1.29, 1.82) is 0 Å². The lowest BCUT2D eigenvalue weighted by molar-refractivity contribution is 0.612. The van der Waals surface area contributed by atoms with Gasteiger partial charge in [0, 0.05) is 16.6 Å². The Bertz CT molecular complexity index is 577. The van der Waals surface area contributed by atoms with E-state index in [4.69, 9.17) is 17.3 Å². The summed E-state index contributed by atoms with van der Waals surface area (Å²) in [6.07, 6.45) is 1.29. The zero-order valence-electron chi connectivity index (χ0n) is 9.12. The van der Waals surface area contributed by atoms with Crippen LogP contribution in [0.15, 0.2) is 29.0 Å². The van der Waals surface area contributed by atoms with Gasteiger partial charge in [0.15, 0.2) is 5.82 Å². The molecule has 1 aromatic heterocycles. The summed E-state index contributed by atoms with van der Waals surface area (Å²) in [5.74, 6) is 0.260. The van der Waals surface area contributed by atoms with Gasteiger partial charge in [0.2, 0.25) is 0 Å². The van der Waals surface area contributed by atoms with Crippen molar-refractivity contribution >= 4 is 39.2 Å². The van der Waals surface area contributed by atoms with Crippen LogP contribution in [-0.2, 0) is 6.54 Å². The molecule has 0 atom stereocenters. The number of rotatable bonds is 3. The maximum atomic E-state index is 13.5. The van der Waals surface area contributed by atoms with Gasteiger partial charge >= 0.3 is 0 Å². The van der Waals surface area contributed by atoms with Gasteiger partial charge in [-0.05, 0) is 18.2 Å². The Labute approximate surface area is 117 Å². The first-order chi connectivity index (χ1) is 8.58. The molecule has 0 aliphatic carbocycles. The first-order valence-corrected chi connectivity index (χ1v) is 6.19. The number of nitrogens with two attached hydrogens (primary N) is 1. The second kappa shape index (κ2) is 5.49. The molecule has 0 fully saturated rings. The summed E-state index contributed by atoms with van der Waals surface area (Å²) in [6.45, 7) is 0.251. The molecule has 0 spiro atoms. The zero-order chi connectivity index (χ0) is 13.1. The SMILES string of the molecule is Nc1ncnc(NCc2cc(Br)ccc2F)c1Cl. The topological polar surface area (TPSA) is 63.8 Å². The van der Waals surface area contributed by atoms with Crippen molar-refractivity contribution in [2.75, 3.05) is 11.1 Å². The minimum atomic E-state index is -0.302. The monoisotopic (exact) mass is 330 g/mol. The van der Waals surface area contributed by atoms with E-state index >= 15 is 0 Å². The van der Waals surface area contributed by atoms with Crippen LogP contribution >= 0.6 is 27.5 Å². The van der Waals surface area contributed by atoms with Crippen molar-refractivity contribution in [1.82, 2.24) is 9.97 Å². The van der Waals surface area contributed by atoms with E-state index in [1.807, 2.05) is 0 Å². The van der Waals surface area contributed by atoms with E-state index in [2.05, 4.69) is 31.2 Å². The van der Waals surface area contributed by atoms with Crippen LogP contribution in [-0.4, -0.2) is 9.97 Å². The molecular formula is C11H9BrClFN4. The number of nitrogens with zero attached hydrogens (tertiary/aromatic N) is 2. The van der Waals surface area contributed by atoms with Crippen LogP contribution in [0.25, 0.3) is 0 Å². The molecule has 94 valence electrons. The normalized spacial score (nSPS) is 10.4. The van der Waals surface area contributed by atoms with Gasteiger partial charge < -0.3 is 11.1 Å². The standard InChI is InChI=1S/C11H9BrClFN4/c12-7-1-2-8(14)6(3-7)4-16-11-9(13)10(15)17-5-18-11/h1-3,5H,4H2,(H3,15,16,17,18). The van der Waals surface area contributed by atoms with Crippen molar-refractivity contribution < 1.29 is 4.39 Å². The summed E-state index contributed by atoms with van der Waals surface area (Å²) < 4.78 is 14.3. The third-order valence-corrected chi connectivity index (χ3v) is 3.14. The fraction of sp³-hybridized carbons (Fsp3) is 0.0909. The van der Waals surface area contributed by atoms with Gasteiger partial charge in [0.25, 0.3) is 0 Å². The fourth-order valence-electron chi connectivity index (χ4n) is 1.36. The fourth-order valence-corrected chi connectivity index (χ4v) is 1.94. The van der Waals surface area contributed by atoms with Crippen molar-refractivity contribution in [3.05, 3.63) is 45.4 Å². The molecule has 4 nitrogen and oxygen atoms in total. The number of nitrogen functional groups attached to an aromatic ring is 1. The van der Waals surface area contributed by atoms with Crippen molar-refractivity contribution in [3.8, 4) is 0 Å². The summed E-state index contributed by atoms with van der Waals surface area (Å²) >= 11 is 9.20. The van der Waals surface area contributed by atoms with E-state index in [1.54, 1.807) is 12.1 Å². The number of anilines is 2. The zero-order valence-corrected chi connectivity index (χ0v) is 11.5. The predicted octanol–water partition coefficient (Wildman–Crippen LogP) is 3.23. The first-order valence-electron chi connectivity index (χ1n) is 5.01. The average Bonchev–Trinajstić information content (AvgIpc) is 2.35. The molecule has 0 saturated heterocycles. The summed E-state index contributed by atoms with van der Waals surface area (Å²) in [4.78, 5) is 7.68. The van der Waals surface area contributed by atoms with Gasteiger partial charge in [0.05, 0.1) is 0 Å². The van der Waals surface area contributed by atoms with E-state index in [-0.39, 0.29) is 23.2 Å². The van der Waals surface area contributed by atoms with E-state index in [9.17, 15) is 4.39 Å². The molecular weight excluding hydrogens is 323 g/mol. The maximum absolute atomic E-state index is 13.5. The second-order valence-corrected chi connectivity index (χ2v) is 4.80. The maximum Gasteiger partial charge on any atom is 0.150 e. The third-order valence-electron chi connectivity index (χ3n) is 2.27. The molecule has 0 radical (unpaired) electrons. The van der Waals surface area contributed by atoms with Crippen LogP contribution in [0, 0.1) is 5.82 Å². The largest absolute Gasteiger partial charge is 0.382 e. The number of aromatic nitrogens is 2. The minimum Gasteiger partial charge on any atom is -0.382 e. The highest BCUT2D eigenvalue weighted by atomic mass is 79.9. The molecule has 2 rings (SSSR count). The van der Waals surface area contributed by atoms with E-state index in [0.29, 0.717) is 11.4 Å². The Morgan fingerprint density at radius 1 is 1.39 bits per heavy atom. The lowest BCUT2D eigenvalue weighted by atomic mass is 10.2. The predicted molar refractivity (Wildman–Crippen MR) is 72.9 cm³/mol. The van der Waals surface area contributed by atoms with Crippen LogP contribution in [0.3, 0.4) is 0 Å². The number of halogens is 3. The van der Waals surface area contributed by atoms with E-state index in [0.717, 1.165) is 4.47 Å². The van der Waals surface area contributed by atoms with Crippen LogP contribution in [0.5, 0.6) is 0 Å². The molecule has 0 bridgehead atoms. The van der Waals surface area contributed by atoms with Gasteiger partial charge in [-0.25, -0.2) is 14.4 Å². The number of hydrogen-bond acceptors (Lipinski definition) is 4. The van der Waals surface area contributed by atoms with Crippen molar-refractivity contribution in [2.45, 2.75) is 6.54 Å². The highest BCUT2D eigenvalue weighted by Gasteiger charge is 2.08. The van der Waals surface area contributed by atoms with Gasteiger partial charge in [0.1, 0.15) is 23.0 Å². The number of nitrogens with one attached hydrogen (secondary N) is 1. The highest BCUT2D eigenvalue weighted by molar-refractivity contribution is 9.10. The van der Waals surface area contributed by atoms with Gasteiger partial charge in [-0.1, -0.05) is 27.5 Å². The van der Waals surface area contributed by atoms with Gasteiger partial charge in [-0.15, -0.1) is 0 Å². The highest BCUT2D eigenvalue weighted by Crippen LogP contribution is 2.24. The summed E-state index contributed by atoms with van der Waals surface area (Å²) in [6, 6.07) is 4.70. The Balaban J connectivity index is 2.16. The van der Waals surface area contributed by atoms with Crippen LogP contribution in [0.1, 0.15) is 5.56 Å². The summed E-state index contributed by atoms with van der Waals surface area (Å²) in [5, 5.41) is 3.14. The Morgan fingerprint density at radius 2 is 2.17 bits per heavy atom. The average molecular weight is 332 g/mol. The Kier molecular flexibility index (Phi) is 3.98. The molecule has 0 aliphatic heterocycles. The number of hydrogen-bond donors (Lipinski definition) is 2. The molecule has 3 N–H and O–H groups in total. The number of benzene rings is 1. The third kappa shape index (κ3) is 2.88. The van der Waals surface area contributed by atoms with Crippen LogP contribution < -0.4 is 11.1 Å². The molecule has 0 unspecified atom stereocenters. The van der Waals surface area contributed by atoms with Gasteiger partial charge in [-0.2, -0.15) is 0 Å². The lowest BCUT2D eigenvalue weighted by Gasteiger charge is -2.09. The molecule has 0 amide bonds. The lowest BCUT2D eigenvalue weighted by Crippen LogP contribution is -2.05. The molecule has 18 heavy (non-hydrogen) atoms. The first kappa shape index (κ1) is 13.0. The van der Waals surface area contributed by atoms with E-state index in [1.165, 1.54) is 12.4 Å². The van der Waals surface area contributed by atoms with Gasteiger partial charge in [-0.3, -0.25) is 0 Å². The molecule has 1 heterocycles. The van der Waals surface area contributed by atoms with Crippen LogP contribution in [0.4, 0.5) is 16.0 Å². The summed E-state index contributed by atoms with van der Waals surface area (Å²) in [7, 11) is 0. The molecule has 0 aliphatic rings. The molecule has 1 aromatic carbocycles. The Hall–Kier alpha value is -1.40. The van der Waals surface area contributed by atoms with E-state index < -0.39 is 0 Å². The van der Waals surface area contributed by atoms with Crippen molar-refractivity contribution in [3.63, 3.8) is 0 Å². The van der Waals surface area contributed by atoms with Crippen molar-refractivity contribution in [2.24, 2.45) is 0 Å². The Morgan fingerprint density at radius 3 is 2.94 bits per heavy atom. The second-order valence-electron chi connectivity index (χ2n) is 3.51. The molecule has 2 aromatic rings. The molecule has 7 heteroatoms. The van der Waals surface area contributed by atoms with Crippen LogP contribution in [0.2, 0.25) is 5.02 Å². The quantitative estimate of drug-likeness (QED) is 0.906. The smallest absolute Gasteiger partial charge is 0.150 e. The summed E-state index contributed by atoms with van der Waals surface area (Å²) in [5.41, 5.74) is 6.04.